The van der Waals surface area contributed by atoms with Crippen molar-refractivity contribution in [2.75, 3.05) is 12.4 Å². The predicted molar refractivity (Wildman–Crippen MR) is 117 cm³/mol. The average Bonchev–Trinajstić information content (AvgIpc) is 3.06. The molecule has 30 heavy (non-hydrogen) atoms. The third-order valence-corrected chi connectivity index (χ3v) is 5.09. The van der Waals surface area contributed by atoms with Crippen molar-refractivity contribution in [1.82, 2.24) is 19.7 Å². The zero-order valence-electron chi connectivity index (χ0n) is 17.6. The Labute approximate surface area is 174 Å². The number of nitrogens with one attached hydrogen (secondary N) is 1. The van der Waals surface area contributed by atoms with Gasteiger partial charge in [0.05, 0.1) is 35.1 Å². The lowest BCUT2D eigenvalue weighted by Crippen LogP contribution is -2.15. The van der Waals surface area contributed by atoms with Crippen molar-refractivity contribution in [2.45, 2.75) is 27.7 Å². The van der Waals surface area contributed by atoms with Crippen molar-refractivity contribution in [3.05, 3.63) is 70.8 Å². The number of hydrogen-bond donors (Lipinski definition) is 1. The number of aryl methyl sites for hydroxylation is 4. The van der Waals surface area contributed by atoms with E-state index in [2.05, 4.69) is 20.4 Å². The van der Waals surface area contributed by atoms with Crippen LogP contribution < -0.4 is 10.1 Å². The van der Waals surface area contributed by atoms with Crippen LogP contribution in [0.4, 0.5) is 5.69 Å². The molecule has 0 aliphatic carbocycles. The maximum Gasteiger partial charge on any atom is 0.256 e. The molecule has 0 atom stereocenters. The summed E-state index contributed by atoms with van der Waals surface area (Å²) in [6.07, 6.45) is 1.73. The van der Waals surface area contributed by atoms with Gasteiger partial charge in [-0.05, 0) is 57.5 Å². The standard InChI is InChI=1S/C23H23N5O2/c1-13-10-11-24-16(4)21(13)26-23(29)17-12-14(2)25-22-20(17)15(3)27-28(22)18-8-6-7-9-19(18)30-5/h6-12H,1-5H3,(H,26,29). The molecule has 0 spiro atoms. The summed E-state index contributed by atoms with van der Waals surface area (Å²) in [4.78, 5) is 22.3. The monoisotopic (exact) mass is 401 g/mol. The summed E-state index contributed by atoms with van der Waals surface area (Å²) in [5, 5.41) is 8.41. The minimum Gasteiger partial charge on any atom is -0.494 e. The fourth-order valence-electron chi connectivity index (χ4n) is 3.63. The van der Waals surface area contributed by atoms with E-state index in [1.54, 1.807) is 24.1 Å². The molecule has 0 saturated carbocycles. The molecular weight excluding hydrogens is 378 g/mol. The van der Waals surface area contributed by atoms with Crippen LogP contribution in [0.25, 0.3) is 16.7 Å². The van der Waals surface area contributed by atoms with Crippen molar-refractivity contribution in [3.8, 4) is 11.4 Å². The Bertz CT molecular complexity index is 1260. The first-order valence-electron chi connectivity index (χ1n) is 9.64. The van der Waals surface area contributed by atoms with Gasteiger partial charge >= 0.3 is 0 Å². The number of carbonyl (C=O) groups is 1. The molecule has 7 nitrogen and oxygen atoms in total. The second-order valence-electron chi connectivity index (χ2n) is 7.22. The third-order valence-electron chi connectivity index (χ3n) is 5.09. The van der Waals surface area contributed by atoms with Gasteiger partial charge in [0.2, 0.25) is 0 Å². The van der Waals surface area contributed by atoms with Crippen LogP contribution in [0.1, 0.15) is 33.0 Å². The highest BCUT2D eigenvalue weighted by molar-refractivity contribution is 6.13. The highest BCUT2D eigenvalue weighted by Crippen LogP contribution is 2.29. The molecule has 0 fully saturated rings. The summed E-state index contributed by atoms with van der Waals surface area (Å²) in [7, 11) is 1.62. The highest BCUT2D eigenvalue weighted by Gasteiger charge is 2.21. The highest BCUT2D eigenvalue weighted by atomic mass is 16.5. The lowest BCUT2D eigenvalue weighted by atomic mass is 10.1. The van der Waals surface area contributed by atoms with Crippen LogP contribution in [0.5, 0.6) is 5.75 Å². The van der Waals surface area contributed by atoms with Crippen LogP contribution in [-0.2, 0) is 0 Å². The van der Waals surface area contributed by atoms with Crippen LogP contribution in [0.2, 0.25) is 0 Å². The van der Waals surface area contributed by atoms with Gasteiger partial charge in [-0.2, -0.15) is 5.10 Å². The van der Waals surface area contributed by atoms with E-state index < -0.39 is 0 Å². The number of hydrogen-bond acceptors (Lipinski definition) is 5. The molecular formula is C23H23N5O2. The molecule has 152 valence electrons. The molecule has 7 heteroatoms. The van der Waals surface area contributed by atoms with E-state index in [9.17, 15) is 4.79 Å². The number of fused-ring (bicyclic) bond motifs is 1. The van der Waals surface area contributed by atoms with Gasteiger partial charge in [0.15, 0.2) is 5.65 Å². The van der Waals surface area contributed by atoms with E-state index in [1.165, 1.54) is 0 Å². The second kappa shape index (κ2) is 7.59. The molecule has 0 bridgehead atoms. The van der Waals surface area contributed by atoms with Gasteiger partial charge in [-0.3, -0.25) is 9.78 Å². The first-order chi connectivity index (χ1) is 14.4. The van der Waals surface area contributed by atoms with Crippen LogP contribution in [0.3, 0.4) is 0 Å². The Morgan fingerprint density at radius 2 is 1.83 bits per heavy atom. The molecule has 3 heterocycles. The number of benzene rings is 1. The summed E-state index contributed by atoms with van der Waals surface area (Å²) < 4.78 is 7.23. The molecule has 1 amide bonds. The van der Waals surface area contributed by atoms with Crippen molar-refractivity contribution in [3.63, 3.8) is 0 Å². The minimum absolute atomic E-state index is 0.215. The molecule has 4 rings (SSSR count). The quantitative estimate of drug-likeness (QED) is 0.551. The Morgan fingerprint density at radius 1 is 1.07 bits per heavy atom. The van der Waals surface area contributed by atoms with E-state index in [1.807, 2.05) is 58.0 Å². The fraction of sp³-hybridized carbons (Fsp3) is 0.217. The number of nitrogens with zero attached hydrogens (tertiary/aromatic N) is 4. The molecule has 0 radical (unpaired) electrons. The van der Waals surface area contributed by atoms with Gasteiger partial charge in [0, 0.05) is 11.9 Å². The third kappa shape index (κ3) is 3.28. The van der Waals surface area contributed by atoms with E-state index in [4.69, 9.17) is 4.74 Å². The number of rotatable bonds is 4. The van der Waals surface area contributed by atoms with Gasteiger partial charge in [-0.1, -0.05) is 12.1 Å². The van der Waals surface area contributed by atoms with Crippen LogP contribution in [-0.4, -0.2) is 32.8 Å². The Morgan fingerprint density at radius 3 is 2.57 bits per heavy atom. The zero-order valence-corrected chi connectivity index (χ0v) is 17.6. The van der Waals surface area contributed by atoms with Crippen molar-refractivity contribution < 1.29 is 9.53 Å². The number of methoxy groups -OCH3 is 1. The first kappa shape index (κ1) is 19.6. The molecule has 0 aliphatic heterocycles. The molecule has 3 aromatic heterocycles. The summed E-state index contributed by atoms with van der Waals surface area (Å²) in [6, 6.07) is 11.3. The molecule has 0 aliphatic rings. The lowest BCUT2D eigenvalue weighted by molar-refractivity contribution is 0.102. The molecule has 1 aromatic carbocycles. The number of anilines is 1. The summed E-state index contributed by atoms with van der Waals surface area (Å²) in [5.74, 6) is 0.463. The normalized spacial score (nSPS) is 11.0. The molecule has 0 saturated heterocycles. The van der Waals surface area contributed by atoms with Gasteiger partial charge < -0.3 is 10.1 Å². The van der Waals surface area contributed by atoms with Crippen LogP contribution >= 0.6 is 0 Å². The number of carbonyl (C=O) groups excluding carboxylic acids is 1. The topological polar surface area (TPSA) is 81.9 Å². The first-order valence-corrected chi connectivity index (χ1v) is 9.64. The predicted octanol–water partition coefficient (Wildman–Crippen LogP) is 4.31. The number of para-hydroxylation sites is 2. The second-order valence-corrected chi connectivity index (χ2v) is 7.22. The number of ether oxygens (including phenoxy) is 1. The zero-order chi connectivity index (χ0) is 21.4. The fourth-order valence-corrected chi connectivity index (χ4v) is 3.63. The molecule has 4 aromatic rings. The average molecular weight is 401 g/mol. The van der Waals surface area contributed by atoms with Gasteiger partial charge in [0.1, 0.15) is 11.4 Å². The summed E-state index contributed by atoms with van der Waals surface area (Å²) in [6.45, 7) is 7.57. The van der Waals surface area contributed by atoms with E-state index >= 15 is 0 Å². The van der Waals surface area contributed by atoms with Gasteiger partial charge in [0.25, 0.3) is 5.91 Å². The Kier molecular flexibility index (Phi) is 4.95. The smallest absolute Gasteiger partial charge is 0.256 e. The largest absolute Gasteiger partial charge is 0.494 e. The van der Waals surface area contributed by atoms with Crippen molar-refractivity contribution in [1.29, 1.82) is 0 Å². The molecule has 1 N–H and O–H groups in total. The van der Waals surface area contributed by atoms with E-state index in [0.29, 0.717) is 28.0 Å². The maximum absolute atomic E-state index is 13.3. The van der Waals surface area contributed by atoms with Crippen LogP contribution in [0.15, 0.2) is 42.6 Å². The maximum atomic E-state index is 13.3. The van der Waals surface area contributed by atoms with Gasteiger partial charge in [-0.15, -0.1) is 0 Å². The van der Waals surface area contributed by atoms with Gasteiger partial charge in [-0.25, -0.2) is 9.67 Å². The van der Waals surface area contributed by atoms with E-state index in [-0.39, 0.29) is 5.91 Å². The minimum atomic E-state index is -0.215. The number of pyridine rings is 2. The van der Waals surface area contributed by atoms with Crippen molar-refractivity contribution >= 4 is 22.6 Å². The van der Waals surface area contributed by atoms with Crippen molar-refractivity contribution in [2.24, 2.45) is 0 Å². The van der Waals surface area contributed by atoms with E-state index in [0.717, 1.165) is 28.3 Å². The summed E-state index contributed by atoms with van der Waals surface area (Å²) in [5.41, 5.74) is 5.80. The van der Waals surface area contributed by atoms with Crippen LogP contribution in [0, 0.1) is 27.7 Å². The Balaban J connectivity index is 1.88. The SMILES string of the molecule is COc1ccccc1-n1nc(C)c2c(C(=O)Nc3c(C)ccnc3C)cc(C)nc21. The molecule has 0 unspecified atom stereocenters. The Hall–Kier alpha value is -3.74. The number of amides is 1. The number of aromatic nitrogens is 4. The lowest BCUT2D eigenvalue weighted by Gasteiger charge is -2.12. The summed E-state index contributed by atoms with van der Waals surface area (Å²) >= 11 is 0.